The van der Waals surface area contributed by atoms with Crippen LogP contribution in [0.25, 0.3) is 16.3 Å². The number of aliphatic hydroxyl groups is 1. The number of hydrogen-bond acceptors (Lipinski definition) is 2. The first-order valence-corrected chi connectivity index (χ1v) is 12.0. The summed E-state index contributed by atoms with van der Waals surface area (Å²) >= 11 is 0. The maximum atomic E-state index is 10.8. The van der Waals surface area contributed by atoms with Gasteiger partial charge in [0.2, 0.25) is 0 Å². The molecule has 1 heterocycles. The third-order valence-corrected chi connectivity index (χ3v) is 6.82. The summed E-state index contributed by atoms with van der Waals surface area (Å²) in [5.41, 5.74) is 6.56. The number of piperidine rings is 1. The second kappa shape index (κ2) is 10.2. The summed E-state index contributed by atoms with van der Waals surface area (Å²) in [6.45, 7) is 3.01. The van der Waals surface area contributed by atoms with E-state index in [1.54, 1.807) is 5.57 Å². The van der Waals surface area contributed by atoms with E-state index in [1.165, 1.54) is 27.5 Å². The Bertz CT molecular complexity index is 1180. The summed E-state index contributed by atoms with van der Waals surface area (Å²) in [5.74, 6) is 0. The molecular weight excluding hydrogens is 402 g/mol. The van der Waals surface area contributed by atoms with E-state index in [4.69, 9.17) is 0 Å². The monoisotopic (exact) mass is 433 g/mol. The van der Waals surface area contributed by atoms with Crippen LogP contribution in [0.4, 0.5) is 0 Å². The Morgan fingerprint density at radius 2 is 1.27 bits per heavy atom. The summed E-state index contributed by atoms with van der Waals surface area (Å²) in [6, 6.07) is 36.2. The Balaban J connectivity index is 1.25. The van der Waals surface area contributed by atoms with Crippen molar-refractivity contribution in [3.05, 3.63) is 125 Å². The van der Waals surface area contributed by atoms with E-state index < -0.39 is 6.10 Å². The fourth-order valence-corrected chi connectivity index (χ4v) is 4.97. The van der Waals surface area contributed by atoms with Crippen LogP contribution in [0.2, 0.25) is 0 Å². The minimum Gasteiger partial charge on any atom is -0.388 e. The van der Waals surface area contributed by atoms with Crippen molar-refractivity contribution < 1.29 is 5.11 Å². The van der Waals surface area contributed by atoms with Crippen molar-refractivity contribution in [2.75, 3.05) is 19.6 Å². The van der Waals surface area contributed by atoms with Crippen molar-refractivity contribution >= 4 is 16.3 Å². The van der Waals surface area contributed by atoms with Crippen LogP contribution in [-0.2, 0) is 0 Å². The van der Waals surface area contributed by atoms with Crippen LogP contribution in [0.15, 0.2) is 109 Å². The Labute approximate surface area is 196 Å². The van der Waals surface area contributed by atoms with Gasteiger partial charge in [0, 0.05) is 19.6 Å². The van der Waals surface area contributed by atoms with Crippen molar-refractivity contribution in [1.29, 1.82) is 0 Å². The minimum atomic E-state index is -0.421. The zero-order valence-electron chi connectivity index (χ0n) is 19.0. The van der Waals surface area contributed by atoms with E-state index in [2.05, 4.69) is 108 Å². The van der Waals surface area contributed by atoms with Gasteiger partial charge in [0.1, 0.15) is 0 Å². The van der Waals surface area contributed by atoms with Crippen LogP contribution in [0.3, 0.4) is 0 Å². The number of hydrogen-bond donors (Lipinski definition) is 1. The first kappa shape index (κ1) is 21.6. The van der Waals surface area contributed by atoms with Gasteiger partial charge in [-0.3, -0.25) is 0 Å². The van der Waals surface area contributed by atoms with E-state index in [9.17, 15) is 5.11 Å². The predicted molar refractivity (Wildman–Crippen MR) is 138 cm³/mol. The van der Waals surface area contributed by atoms with Gasteiger partial charge in [0.15, 0.2) is 0 Å². The van der Waals surface area contributed by atoms with Crippen LogP contribution in [0.1, 0.15) is 42.1 Å². The fourth-order valence-electron chi connectivity index (χ4n) is 4.97. The molecular formula is C31H31NO. The van der Waals surface area contributed by atoms with E-state index in [1.807, 2.05) is 0 Å². The van der Waals surface area contributed by atoms with Crippen LogP contribution in [-0.4, -0.2) is 29.6 Å². The molecule has 1 atom stereocenters. The van der Waals surface area contributed by atoms with Gasteiger partial charge in [-0.25, -0.2) is 0 Å². The molecule has 4 aromatic carbocycles. The van der Waals surface area contributed by atoms with E-state index in [0.29, 0.717) is 0 Å². The molecule has 2 nitrogen and oxygen atoms in total. The molecule has 2 heteroatoms. The standard InChI is InChI=1S/C31H31NO/c33-30(29-16-15-24-9-7-8-14-28(24)23-29)19-22-32-20-17-27(18-21-32)31(25-10-3-1-4-11-25)26-12-5-2-6-13-26/h1-16,23,30,33H,17-22H2. The molecule has 1 saturated heterocycles. The van der Waals surface area contributed by atoms with Crippen LogP contribution in [0.5, 0.6) is 0 Å². The van der Waals surface area contributed by atoms with Gasteiger partial charge in [-0.05, 0) is 58.4 Å². The smallest absolute Gasteiger partial charge is 0.0802 e. The Kier molecular flexibility index (Phi) is 6.66. The van der Waals surface area contributed by atoms with E-state index >= 15 is 0 Å². The Hall–Kier alpha value is -3.20. The highest BCUT2D eigenvalue weighted by atomic mass is 16.3. The van der Waals surface area contributed by atoms with E-state index in [-0.39, 0.29) is 0 Å². The maximum absolute atomic E-state index is 10.8. The first-order chi connectivity index (χ1) is 16.3. The Morgan fingerprint density at radius 1 is 0.697 bits per heavy atom. The molecule has 33 heavy (non-hydrogen) atoms. The molecule has 0 aromatic heterocycles. The van der Waals surface area contributed by atoms with Gasteiger partial charge in [-0.15, -0.1) is 0 Å². The molecule has 1 unspecified atom stereocenters. The van der Waals surface area contributed by atoms with E-state index in [0.717, 1.165) is 44.5 Å². The fraction of sp³-hybridized carbons (Fsp3) is 0.226. The van der Waals surface area contributed by atoms with Crippen molar-refractivity contribution in [3.8, 4) is 0 Å². The average Bonchev–Trinajstić information content (AvgIpc) is 2.89. The topological polar surface area (TPSA) is 23.5 Å². The number of nitrogens with zero attached hydrogens (tertiary/aromatic N) is 1. The molecule has 0 bridgehead atoms. The number of rotatable bonds is 6. The second-order valence-electron chi connectivity index (χ2n) is 8.96. The molecule has 0 amide bonds. The molecule has 1 aliphatic heterocycles. The van der Waals surface area contributed by atoms with Gasteiger partial charge in [0.05, 0.1) is 6.10 Å². The largest absolute Gasteiger partial charge is 0.388 e. The molecule has 5 rings (SSSR count). The molecule has 0 radical (unpaired) electrons. The lowest BCUT2D eigenvalue weighted by Gasteiger charge is -2.31. The number of likely N-dealkylation sites (tertiary alicyclic amines) is 1. The third kappa shape index (κ3) is 5.08. The minimum absolute atomic E-state index is 0.421. The molecule has 1 aliphatic rings. The lowest BCUT2D eigenvalue weighted by atomic mass is 9.88. The third-order valence-electron chi connectivity index (χ3n) is 6.82. The van der Waals surface area contributed by atoms with Crippen molar-refractivity contribution in [3.63, 3.8) is 0 Å². The first-order valence-electron chi connectivity index (χ1n) is 12.0. The number of aliphatic hydroxyl groups excluding tert-OH is 1. The highest BCUT2D eigenvalue weighted by Gasteiger charge is 2.20. The van der Waals surface area contributed by atoms with Crippen LogP contribution < -0.4 is 0 Å². The number of fused-ring (bicyclic) bond motifs is 1. The van der Waals surface area contributed by atoms with Gasteiger partial charge in [-0.2, -0.15) is 0 Å². The summed E-state index contributed by atoms with van der Waals surface area (Å²) in [4.78, 5) is 2.50. The molecule has 4 aromatic rings. The van der Waals surface area contributed by atoms with Crippen LogP contribution >= 0.6 is 0 Å². The number of benzene rings is 4. The maximum Gasteiger partial charge on any atom is 0.0802 e. The highest BCUT2D eigenvalue weighted by molar-refractivity contribution is 5.83. The van der Waals surface area contributed by atoms with Crippen molar-refractivity contribution in [1.82, 2.24) is 4.90 Å². The Morgan fingerprint density at radius 3 is 1.91 bits per heavy atom. The van der Waals surface area contributed by atoms with Gasteiger partial charge >= 0.3 is 0 Å². The average molecular weight is 434 g/mol. The summed E-state index contributed by atoms with van der Waals surface area (Å²) in [6.07, 6.45) is 2.49. The van der Waals surface area contributed by atoms with Gasteiger partial charge < -0.3 is 10.0 Å². The van der Waals surface area contributed by atoms with Crippen LogP contribution in [0, 0.1) is 0 Å². The molecule has 0 saturated carbocycles. The summed E-state index contributed by atoms with van der Waals surface area (Å²) in [7, 11) is 0. The lowest BCUT2D eigenvalue weighted by Crippen LogP contribution is -2.32. The summed E-state index contributed by atoms with van der Waals surface area (Å²) in [5, 5.41) is 13.2. The van der Waals surface area contributed by atoms with Gasteiger partial charge in [0.25, 0.3) is 0 Å². The molecule has 1 fully saturated rings. The van der Waals surface area contributed by atoms with Crippen molar-refractivity contribution in [2.24, 2.45) is 0 Å². The predicted octanol–water partition coefficient (Wildman–Crippen LogP) is 6.86. The SMILES string of the molecule is OC(CCN1CCC(=C(c2ccccc2)c2ccccc2)CC1)c1ccc2ccccc2c1. The molecule has 166 valence electrons. The molecule has 0 spiro atoms. The molecule has 0 aliphatic carbocycles. The quantitative estimate of drug-likeness (QED) is 0.359. The lowest BCUT2D eigenvalue weighted by molar-refractivity contribution is 0.139. The molecule has 1 N–H and O–H groups in total. The highest BCUT2D eigenvalue weighted by Crippen LogP contribution is 2.32. The zero-order valence-corrected chi connectivity index (χ0v) is 19.0. The zero-order chi connectivity index (χ0) is 22.5. The normalized spacial score (nSPS) is 15.5. The van der Waals surface area contributed by atoms with Gasteiger partial charge in [-0.1, -0.05) is 103 Å². The summed E-state index contributed by atoms with van der Waals surface area (Å²) < 4.78 is 0. The van der Waals surface area contributed by atoms with Crippen molar-refractivity contribution in [2.45, 2.75) is 25.4 Å². The second-order valence-corrected chi connectivity index (χ2v) is 8.96.